The molecule has 0 unspecified atom stereocenters. The van der Waals surface area contributed by atoms with Gasteiger partial charge in [0.15, 0.2) is 5.65 Å². The number of hydrogen-bond acceptors (Lipinski definition) is 3. The van der Waals surface area contributed by atoms with E-state index in [1.165, 1.54) is 16.8 Å². The number of fused-ring (bicyclic) bond motifs is 1. The van der Waals surface area contributed by atoms with Crippen molar-refractivity contribution < 1.29 is 13.2 Å². The molecule has 118 valence electrons. The normalized spacial score (nSPS) is 16.7. The van der Waals surface area contributed by atoms with Crippen LogP contribution >= 0.6 is 15.9 Å². The molecular weight excluding hydrogens is 373 g/mol. The molecule has 1 aliphatic rings. The maximum absolute atomic E-state index is 13.2. The molecule has 1 fully saturated rings. The summed E-state index contributed by atoms with van der Waals surface area (Å²) >= 11 is 3.28. The number of aromatic nitrogens is 4. The van der Waals surface area contributed by atoms with Crippen molar-refractivity contribution in [3.63, 3.8) is 0 Å². The molecule has 4 rings (SSSR count). The van der Waals surface area contributed by atoms with Crippen molar-refractivity contribution in [1.82, 2.24) is 19.6 Å². The maximum Gasteiger partial charge on any atom is 0.398 e. The number of hydrogen-bond donors (Lipinski definition) is 0. The molecule has 0 bridgehead atoms. The van der Waals surface area contributed by atoms with Crippen LogP contribution in [0.4, 0.5) is 13.2 Å². The van der Waals surface area contributed by atoms with E-state index in [-0.39, 0.29) is 18.4 Å². The third-order valence-electron chi connectivity index (χ3n) is 4.14. The Morgan fingerprint density at radius 1 is 1.13 bits per heavy atom. The number of nitrogens with zero attached hydrogens (tertiary/aromatic N) is 4. The Morgan fingerprint density at radius 2 is 1.91 bits per heavy atom. The van der Waals surface area contributed by atoms with Gasteiger partial charge in [0, 0.05) is 0 Å². The molecule has 8 heteroatoms. The van der Waals surface area contributed by atoms with E-state index < -0.39 is 11.6 Å². The van der Waals surface area contributed by atoms with Crippen LogP contribution in [0.15, 0.2) is 41.3 Å². The summed E-state index contributed by atoms with van der Waals surface area (Å²) in [6.07, 6.45) is -1.10. The Balaban J connectivity index is 1.79. The monoisotopic (exact) mass is 382 g/mol. The topological polar surface area (TPSA) is 43.1 Å². The van der Waals surface area contributed by atoms with Crippen LogP contribution in [0.5, 0.6) is 0 Å². The molecule has 0 N–H and O–H groups in total. The molecule has 23 heavy (non-hydrogen) atoms. The van der Waals surface area contributed by atoms with Crippen molar-refractivity contribution in [2.75, 3.05) is 0 Å². The van der Waals surface area contributed by atoms with Crippen molar-refractivity contribution >= 4 is 21.6 Å². The lowest BCUT2D eigenvalue weighted by molar-refractivity contribution is -0.160. The summed E-state index contributed by atoms with van der Waals surface area (Å²) in [7, 11) is 0. The minimum atomic E-state index is -4.26. The molecule has 1 saturated carbocycles. The Morgan fingerprint density at radius 3 is 2.57 bits per heavy atom. The van der Waals surface area contributed by atoms with E-state index in [0.29, 0.717) is 21.6 Å². The van der Waals surface area contributed by atoms with Gasteiger partial charge in [0.2, 0.25) is 0 Å². The van der Waals surface area contributed by atoms with E-state index in [4.69, 9.17) is 0 Å². The Hall–Kier alpha value is -1.96. The third kappa shape index (κ3) is 2.32. The molecule has 1 aliphatic carbocycles. The smallest absolute Gasteiger partial charge is 0.239 e. The van der Waals surface area contributed by atoms with Crippen molar-refractivity contribution in [2.45, 2.75) is 24.4 Å². The van der Waals surface area contributed by atoms with E-state index in [0.717, 1.165) is 0 Å². The van der Waals surface area contributed by atoms with Gasteiger partial charge in [-0.3, -0.25) is 0 Å². The number of imidazole rings is 1. The van der Waals surface area contributed by atoms with Crippen LogP contribution in [-0.2, 0) is 5.41 Å². The summed E-state index contributed by atoms with van der Waals surface area (Å²) in [6, 6.07) is 6.86. The molecular formula is C15H10BrF3N4. The van der Waals surface area contributed by atoms with Gasteiger partial charge in [-0.25, -0.2) is 14.5 Å². The SMILES string of the molecule is FC(F)(F)C1(c2cnn3cc(-c4cccc(Br)n4)nc3c2)CC1. The predicted octanol–water partition coefficient (Wildman–Crippen LogP) is 4.15. The largest absolute Gasteiger partial charge is 0.398 e. The van der Waals surface area contributed by atoms with Gasteiger partial charge in [-0.1, -0.05) is 6.07 Å². The zero-order chi connectivity index (χ0) is 16.2. The number of halogens is 4. The van der Waals surface area contributed by atoms with Gasteiger partial charge in [0.25, 0.3) is 0 Å². The van der Waals surface area contributed by atoms with Gasteiger partial charge in [-0.15, -0.1) is 0 Å². The van der Waals surface area contributed by atoms with Gasteiger partial charge in [0.1, 0.15) is 10.3 Å². The molecule has 3 aromatic heterocycles. The van der Waals surface area contributed by atoms with Gasteiger partial charge < -0.3 is 0 Å². The number of pyridine rings is 1. The lowest BCUT2D eigenvalue weighted by Gasteiger charge is -2.18. The average molecular weight is 383 g/mol. The fourth-order valence-corrected chi connectivity index (χ4v) is 3.02. The zero-order valence-electron chi connectivity index (χ0n) is 11.7. The predicted molar refractivity (Wildman–Crippen MR) is 80.9 cm³/mol. The van der Waals surface area contributed by atoms with Crippen LogP contribution in [0.25, 0.3) is 17.0 Å². The fourth-order valence-electron chi connectivity index (χ4n) is 2.67. The van der Waals surface area contributed by atoms with Gasteiger partial charge in [-0.2, -0.15) is 18.3 Å². The highest BCUT2D eigenvalue weighted by Crippen LogP contribution is 2.58. The van der Waals surface area contributed by atoms with E-state index in [2.05, 4.69) is 31.0 Å². The minimum Gasteiger partial charge on any atom is -0.239 e. The second kappa shape index (κ2) is 4.77. The quantitative estimate of drug-likeness (QED) is 0.625. The van der Waals surface area contributed by atoms with Crippen LogP contribution in [0.2, 0.25) is 0 Å². The van der Waals surface area contributed by atoms with Crippen LogP contribution in [0, 0.1) is 0 Å². The summed E-state index contributed by atoms with van der Waals surface area (Å²) in [5, 5.41) is 4.08. The molecule has 0 aliphatic heterocycles. The molecule has 0 amide bonds. The first-order valence-corrected chi connectivity index (χ1v) is 7.74. The molecule has 0 saturated heterocycles. The van der Waals surface area contributed by atoms with E-state index in [9.17, 15) is 13.2 Å². The first-order valence-electron chi connectivity index (χ1n) is 6.95. The Labute approximate surface area is 137 Å². The second-order valence-electron chi connectivity index (χ2n) is 5.60. The van der Waals surface area contributed by atoms with Crippen molar-refractivity contribution in [3.8, 4) is 11.4 Å². The lowest BCUT2D eigenvalue weighted by atomic mass is 9.98. The highest BCUT2D eigenvalue weighted by Gasteiger charge is 2.64. The standard InChI is InChI=1S/C15H10BrF3N4/c16-12-3-1-2-10(21-12)11-8-23-13(22-11)6-9(7-20-23)14(4-5-14)15(17,18)19/h1-3,6-8H,4-5H2. The Kier molecular flexibility index (Phi) is 3.03. The summed E-state index contributed by atoms with van der Waals surface area (Å²) < 4.78 is 41.8. The molecule has 0 aromatic carbocycles. The molecule has 0 atom stereocenters. The Bertz CT molecular complexity index is 899. The second-order valence-corrected chi connectivity index (χ2v) is 6.41. The number of rotatable bonds is 2. The summed E-state index contributed by atoms with van der Waals surface area (Å²) in [5.74, 6) is 0. The summed E-state index contributed by atoms with van der Waals surface area (Å²) in [6.45, 7) is 0. The maximum atomic E-state index is 13.2. The van der Waals surface area contributed by atoms with Gasteiger partial charge in [0.05, 0.1) is 23.5 Å². The molecule has 0 spiro atoms. The fraction of sp³-hybridized carbons (Fsp3) is 0.267. The van der Waals surface area contributed by atoms with Crippen LogP contribution < -0.4 is 0 Å². The van der Waals surface area contributed by atoms with Crippen LogP contribution in [0.3, 0.4) is 0 Å². The van der Waals surface area contributed by atoms with E-state index in [1.807, 2.05) is 6.07 Å². The van der Waals surface area contributed by atoms with Crippen molar-refractivity contribution in [2.24, 2.45) is 0 Å². The summed E-state index contributed by atoms with van der Waals surface area (Å²) in [4.78, 5) is 8.65. The third-order valence-corrected chi connectivity index (χ3v) is 4.58. The van der Waals surface area contributed by atoms with Crippen LogP contribution in [-0.4, -0.2) is 25.8 Å². The first-order chi connectivity index (χ1) is 10.9. The van der Waals surface area contributed by atoms with Gasteiger partial charge in [-0.05, 0) is 52.5 Å². The van der Waals surface area contributed by atoms with E-state index in [1.54, 1.807) is 18.3 Å². The first kappa shape index (κ1) is 14.6. The lowest BCUT2D eigenvalue weighted by Crippen LogP contribution is -2.28. The highest BCUT2D eigenvalue weighted by atomic mass is 79.9. The highest BCUT2D eigenvalue weighted by molar-refractivity contribution is 9.10. The van der Waals surface area contributed by atoms with Crippen molar-refractivity contribution in [1.29, 1.82) is 0 Å². The summed E-state index contributed by atoms with van der Waals surface area (Å²) in [5.41, 5.74) is 0.00450. The zero-order valence-corrected chi connectivity index (χ0v) is 13.3. The van der Waals surface area contributed by atoms with Crippen molar-refractivity contribution in [3.05, 3.63) is 46.8 Å². The molecule has 3 heterocycles. The van der Waals surface area contributed by atoms with E-state index >= 15 is 0 Å². The average Bonchev–Trinajstić information content (AvgIpc) is 3.21. The van der Waals surface area contributed by atoms with Gasteiger partial charge >= 0.3 is 6.18 Å². The minimum absolute atomic E-state index is 0.106. The molecule has 0 radical (unpaired) electrons. The molecule has 4 nitrogen and oxygen atoms in total. The van der Waals surface area contributed by atoms with Crippen LogP contribution in [0.1, 0.15) is 18.4 Å². The number of alkyl halides is 3. The molecule has 3 aromatic rings.